The van der Waals surface area contributed by atoms with Gasteiger partial charge >= 0.3 is 0 Å². The van der Waals surface area contributed by atoms with Crippen molar-refractivity contribution in [3.05, 3.63) is 30.1 Å². The molecule has 0 atom stereocenters. The summed E-state index contributed by atoms with van der Waals surface area (Å²) in [4.78, 5) is 7.60. The number of H-pyrrole nitrogens is 1. The first-order chi connectivity index (χ1) is 7.04. The highest BCUT2D eigenvalue weighted by Crippen LogP contribution is 2.14. The van der Waals surface area contributed by atoms with Crippen molar-refractivity contribution in [2.45, 2.75) is 33.0 Å². The number of nitrogens with one attached hydrogen (secondary N) is 1. The average Bonchev–Trinajstić information content (AvgIpc) is 2.60. The third-order valence-electron chi connectivity index (χ3n) is 2.12. The van der Waals surface area contributed by atoms with Crippen LogP contribution in [0.15, 0.2) is 24.4 Å². The molecule has 0 unspecified atom stereocenters. The van der Waals surface area contributed by atoms with E-state index in [1.807, 2.05) is 45.2 Å². The Balaban J connectivity index is 2.15. The van der Waals surface area contributed by atoms with E-state index in [1.54, 1.807) is 0 Å². The number of fused-ring (bicyclic) bond motifs is 1. The maximum Gasteiger partial charge on any atom is 0.0895 e. The van der Waals surface area contributed by atoms with Gasteiger partial charge in [-0.05, 0) is 39.0 Å². The van der Waals surface area contributed by atoms with Crippen LogP contribution in [0.4, 0.5) is 0 Å². The number of ether oxygens (including phenoxy) is 1. The molecule has 0 spiro atoms. The van der Waals surface area contributed by atoms with Crippen molar-refractivity contribution in [3.63, 3.8) is 0 Å². The van der Waals surface area contributed by atoms with E-state index in [4.69, 9.17) is 4.74 Å². The van der Waals surface area contributed by atoms with Crippen LogP contribution in [-0.2, 0) is 11.3 Å². The monoisotopic (exact) mass is 204 g/mol. The molecule has 3 heteroatoms. The van der Waals surface area contributed by atoms with E-state index < -0.39 is 0 Å². The second-order valence-electron chi connectivity index (χ2n) is 4.61. The molecule has 2 heterocycles. The van der Waals surface area contributed by atoms with Crippen LogP contribution in [0.5, 0.6) is 0 Å². The van der Waals surface area contributed by atoms with Crippen LogP contribution in [0.2, 0.25) is 0 Å². The van der Waals surface area contributed by atoms with Gasteiger partial charge in [-0.15, -0.1) is 0 Å². The fourth-order valence-corrected chi connectivity index (χ4v) is 1.35. The summed E-state index contributed by atoms with van der Waals surface area (Å²) in [6, 6.07) is 5.99. The molecule has 80 valence electrons. The lowest BCUT2D eigenvalue weighted by atomic mass is 10.2. The predicted molar refractivity (Wildman–Crippen MR) is 60.6 cm³/mol. The SMILES string of the molecule is CC(C)(C)OCc1ccc2[nH]ccc2n1. The van der Waals surface area contributed by atoms with Gasteiger partial charge in [0.2, 0.25) is 0 Å². The standard InChI is InChI=1S/C12H16N2O/c1-12(2,3)15-8-9-4-5-10-11(14-9)6-7-13-10/h4-7,13H,8H2,1-3H3. The van der Waals surface area contributed by atoms with Crippen LogP contribution < -0.4 is 0 Å². The van der Waals surface area contributed by atoms with Crippen LogP contribution in [0.1, 0.15) is 26.5 Å². The fraction of sp³-hybridized carbons (Fsp3) is 0.417. The normalized spacial score (nSPS) is 12.2. The van der Waals surface area contributed by atoms with Gasteiger partial charge in [0.1, 0.15) is 0 Å². The minimum absolute atomic E-state index is 0.116. The van der Waals surface area contributed by atoms with Gasteiger partial charge in [0.05, 0.1) is 28.9 Å². The molecule has 2 rings (SSSR count). The smallest absolute Gasteiger partial charge is 0.0895 e. The van der Waals surface area contributed by atoms with Crippen LogP contribution in [0, 0.1) is 0 Å². The zero-order valence-corrected chi connectivity index (χ0v) is 9.37. The van der Waals surface area contributed by atoms with Crippen molar-refractivity contribution in [3.8, 4) is 0 Å². The molecule has 0 aliphatic heterocycles. The lowest BCUT2D eigenvalue weighted by Gasteiger charge is -2.19. The van der Waals surface area contributed by atoms with Crippen LogP contribution >= 0.6 is 0 Å². The predicted octanol–water partition coefficient (Wildman–Crippen LogP) is 2.88. The maximum atomic E-state index is 5.67. The number of nitrogens with zero attached hydrogens (tertiary/aromatic N) is 1. The molecule has 15 heavy (non-hydrogen) atoms. The Morgan fingerprint density at radius 1 is 1.27 bits per heavy atom. The van der Waals surface area contributed by atoms with Crippen molar-refractivity contribution < 1.29 is 4.74 Å². The minimum Gasteiger partial charge on any atom is -0.370 e. The van der Waals surface area contributed by atoms with Crippen LogP contribution in [0.25, 0.3) is 11.0 Å². The fourth-order valence-electron chi connectivity index (χ4n) is 1.35. The first kappa shape index (κ1) is 10.2. The Kier molecular flexibility index (Phi) is 2.49. The van der Waals surface area contributed by atoms with E-state index in [0.29, 0.717) is 6.61 Å². The van der Waals surface area contributed by atoms with E-state index in [0.717, 1.165) is 16.7 Å². The average molecular weight is 204 g/mol. The summed E-state index contributed by atoms with van der Waals surface area (Å²) < 4.78 is 5.67. The van der Waals surface area contributed by atoms with Gasteiger partial charge in [-0.1, -0.05) is 0 Å². The van der Waals surface area contributed by atoms with Gasteiger partial charge in [-0.3, -0.25) is 0 Å². The number of pyridine rings is 1. The summed E-state index contributed by atoms with van der Waals surface area (Å²) in [6.45, 7) is 6.69. The molecule has 0 saturated heterocycles. The van der Waals surface area contributed by atoms with E-state index in [2.05, 4.69) is 9.97 Å². The Bertz CT molecular complexity index is 454. The van der Waals surface area contributed by atoms with Crippen LogP contribution in [-0.4, -0.2) is 15.6 Å². The lowest BCUT2D eigenvalue weighted by Crippen LogP contribution is -2.19. The summed E-state index contributed by atoms with van der Waals surface area (Å²) in [5.74, 6) is 0. The number of hydrogen-bond donors (Lipinski definition) is 1. The molecule has 2 aromatic heterocycles. The molecule has 3 nitrogen and oxygen atoms in total. The van der Waals surface area contributed by atoms with E-state index >= 15 is 0 Å². The largest absolute Gasteiger partial charge is 0.370 e. The molecule has 0 amide bonds. The van der Waals surface area contributed by atoms with Crippen LogP contribution in [0.3, 0.4) is 0 Å². The van der Waals surface area contributed by atoms with Crippen molar-refractivity contribution >= 4 is 11.0 Å². The summed E-state index contributed by atoms with van der Waals surface area (Å²) in [7, 11) is 0. The summed E-state index contributed by atoms with van der Waals surface area (Å²) in [6.07, 6.45) is 1.89. The molecule has 0 aliphatic rings. The molecule has 0 fully saturated rings. The van der Waals surface area contributed by atoms with Gasteiger partial charge in [-0.25, -0.2) is 4.98 Å². The highest BCUT2D eigenvalue weighted by molar-refractivity contribution is 5.74. The molecular weight excluding hydrogens is 188 g/mol. The number of aromatic amines is 1. The molecule has 0 aromatic carbocycles. The van der Waals surface area contributed by atoms with Crippen molar-refractivity contribution in [2.24, 2.45) is 0 Å². The molecule has 0 radical (unpaired) electrons. The number of aromatic nitrogens is 2. The second kappa shape index (κ2) is 3.66. The van der Waals surface area contributed by atoms with Gasteiger partial charge < -0.3 is 9.72 Å². The molecule has 0 bridgehead atoms. The summed E-state index contributed by atoms with van der Waals surface area (Å²) in [5, 5.41) is 0. The van der Waals surface area contributed by atoms with Crippen molar-refractivity contribution in [2.75, 3.05) is 0 Å². The van der Waals surface area contributed by atoms with Gasteiger partial charge in [0, 0.05) is 6.20 Å². The summed E-state index contributed by atoms with van der Waals surface area (Å²) >= 11 is 0. The van der Waals surface area contributed by atoms with E-state index in [1.165, 1.54) is 0 Å². The zero-order chi connectivity index (χ0) is 10.9. The lowest BCUT2D eigenvalue weighted by molar-refractivity contribution is -0.0163. The van der Waals surface area contributed by atoms with Gasteiger partial charge in [0.25, 0.3) is 0 Å². The van der Waals surface area contributed by atoms with E-state index in [-0.39, 0.29) is 5.60 Å². The first-order valence-corrected chi connectivity index (χ1v) is 5.11. The van der Waals surface area contributed by atoms with Crippen molar-refractivity contribution in [1.82, 2.24) is 9.97 Å². The van der Waals surface area contributed by atoms with Gasteiger partial charge in [-0.2, -0.15) is 0 Å². The first-order valence-electron chi connectivity index (χ1n) is 5.11. The maximum absolute atomic E-state index is 5.67. The molecule has 2 aromatic rings. The second-order valence-corrected chi connectivity index (χ2v) is 4.61. The number of hydrogen-bond acceptors (Lipinski definition) is 2. The third kappa shape index (κ3) is 2.57. The Morgan fingerprint density at radius 2 is 2.07 bits per heavy atom. The number of rotatable bonds is 2. The molecule has 0 aliphatic carbocycles. The Morgan fingerprint density at radius 3 is 2.80 bits per heavy atom. The highest BCUT2D eigenvalue weighted by atomic mass is 16.5. The third-order valence-corrected chi connectivity index (χ3v) is 2.12. The highest BCUT2D eigenvalue weighted by Gasteiger charge is 2.10. The van der Waals surface area contributed by atoms with Gasteiger partial charge in [0.15, 0.2) is 0 Å². The topological polar surface area (TPSA) is 37.9 Å². The quantitative estimate of drug-likeness (QED) is 0.816. The Hall–Kier alpha value is -1.35. The molecule has 0 saturated carbocycles. The zero-order valence-electron chi connectivity index (χ0n) is 9.37. The minimum atomic E-state index is -0.116. The molecular formula is C12H16N2O. The summed E-state index contributed by atoms with van der Waals surface area (Å²) in [5.41, 5.74) is 2.91. The molecule has 1 N–H and O–H groups in total. The van der Waals surface area contributed by atoms with E-state index in [9.17, 15) is 0 Å². The van der Waals surface area contributed by atoms with Crippen molar-refractivity contribution in [1.29, 1.82) is 0 Å². The Labute approximate surface area is 89.5 Å².